The fraction of sp³-hybridized carbons (Fsp3) is 0.500. The smallest absolute Gasteiger partial charge is 0.343 e. The van der Waals surface area contributed by atoms with Gasteiger partial charge in [-0.15, -0.1) is 0 Å². The van der Waals surface area contributed by atoms with Crippen molar-refractivity contribution in [3.63, 3.8) is 0 Å². The van der Waals surface area contributed by atoms with E-state index in [1.165, 1.54) is 0 Å². The molecule has 0 fully saturated rings. The quantitative estimate of drug-likeness (QED) is 0.237. The van der Waals surface area contributed by atoms with Crippen LogP contribution >= 0.6 is 31.9 Å². The second-order valence-corrected chi connectivity index (χ2v) is 6.60. The van der Waals surface area contributed by atoms with Gasteiger partial charge in [-0.05, 0) is 44.7 Å². The standard InChI is InChI=1S/C16H18Br2O6/c1-3-5-7-23-15(21)9-11(17)14(20)10(12(18)13(9)19)16(22)24-8-6-4-2/h3-8H2,1-2H3. The summed E-state index contributed by atoms with van der Waals surface area (Å²) in [5.74, 6) is -3.37. The van der Waals surface area contributed by atoms with Gasteiger partial charge in [0.25, 0.3) is 0 Å². The summed E-state index contributed by atoms with van der Waals surface area (Å²) >= 11 is 5.87. The third kappa shape index (κ3) is 4.86. The Morgan fingerprint density at radius 2 is 1.12 bits per heavy atom. The lowest BCUT2D eigenvalue weighted by molar-refractivity contribution is -0.143. The number of Topliss-reactive ketones (excluding diaryl/α,β-unsaturated/α-hetero) is 2. The van der Waals surface area contributed by atoms with Crippen molar-refractivity contribution in [3.05, 3.63) is 20.1 Å². The Hall–Kier alpha value is -1.28. The Bertz CT molecular complexity index is 564. The summed E-state index contributed by atoms with van der Waals surface area (Å²) in [4.78, 5) is 48.8. The summed E-state index contributed by atoms with van der Waals surface area (Å²) in [6.07, 6.45) is 2.92. The van der Waals surface area contributed by atoms with E-state index >= 15 is 0 Å². The molecule has 0 atom stereocenters. The molecule has 0 aromatic heterocycles. The molecule has 0 unspecified atom stereocenters. The maximum Gasteiger partial charge on any atom is 0.343 e. The fourth-order valence-corrected chi connectivity index (χ4v) is 2.85. The van der Waals surface area contributed by atoms with Crippen LogP contribution in [-0.2, 0) is 28.7 Å². The van der Waals surface area contributed by atoms with Crippen LogP contribution in [0, 0.1) is 0 Å². The maximum atomic E-state index is 12.3. The Morgan fingerprint density at radius 3 is 1.42 bits per heavy atom. The van der Waals surface area contributed by atoms with Gasteiger partial charge in [-0.25, -0.2) is 9.59 Å². The van der Waals surface area contributed by atoms with Gasteiger partial charge in [0.1, 0.15) is 11.1 Å². The Kier molecular flexibility index (Phi) is 8.55. The van der Waals surface area contributed by atoms with Gasteiger partial charge in [0.2, 0.25) is 11.6 Å². The topological polar surface area (TPSA) is 86.7 Å². The molecule has 0 aromatic carbocycles. The molecule has 0 saturated carbocycles. The summed E-state index contributed by atoms with van der Waals surface area (Å²) < 4.78 is 9.37. The van der Waals surface area contributed by atoms with Crippen molar-refractivity contribution in [3.8, 4) is 0 Å². The van der Waals surface area contributed by atoms with Crippen molar-refractivity contribution >= 4 is 55.4 Å². The lowest BCUT2D eigenvalue weighted by Gasteiger charge is -2.17. The second-order valence-electron chi connectivity index (χ2n) is 5.02. The molecule has 0 bridgehead atoms. The highest BCUT2D eigenvalue weighted by Gasteiger charge is 2.40. The molecule has 0 heterocycles. The van der Waals surface area contributed by atoms with Crippen molar-refractivity contribution < 1.29 is 28.7 Å². The zero-order valence-corrected chi connectivity index (χ0v) is 16.6. The van der Waals surface area contributed by atoms with E-state index in [4.69, 9.17) is 9.47 Å². The van der Waals surface area contributed by atoms with Crippen molar-refractivity contribution in [2.24, 2.45) is 0 Å². The minimum Gasteiger partial charge on any atom is -0.462 e. The van der Waals surface area contributed by atoms with E-state index in [0.29, 0.717) is 12.8 Å². The van der Waals surface area contributed by atoms with E-state index in [1.54, 1.807) is 0 Å². The third-order valence-corrected chi connectivity index (χ3v) is 4.68. The number of ether oxygens (including phenoxy) is 2. The minimum absolute atomic E-state index is 0.147. The number of esters is 2. The van der Waals surface area contributed by atoms with Crippen LogP contribution in [0.25, 0.3) is 0 Å². The van der Waals surface area contributed by atoms with Gasteiger partial charge in [0.05, 0.1) is 22.2 Å². The van der Waals surface area contributed by atoms with Gasteiger partial charge >= 0.3 is 11.9 Å². The number of halogens is 2. The van der Waals surface area contributed by atoms with Crippen molar-refractivity contribution in [2.45, 2.75) is 39.5 Å². The molecule has 132 valence electrons. The molecule has 0 radical (unpaired) electrons. The maximum absolute atomic E-state index is 12.3. The number of carbonyl (C=O) groups excluding carboxylic acids is 4. The van der Waals surface area contributed by atoms with Gasteiger partial charge in [-0.2, -0.15) is 0 Å². The second kappa shape index (κ2) is 9.88. The first-order valence-corrected chi connectivity index (χ1v) is 9.18. The molecule has 0 spiro atoms. The van der Waals surface area contributed by atoms with Gasteiger partial charge in [-0.1, -0.05) is 26.7 Å². The molecule has 8 heteroatoms. The van der Waals surface area contributed by atoms with Crippen LogP contribution in [-0.4, -0.2) is 36.7 Å². The molecule has 24 heavy (non-hydrogen) atoms. The summed E-state index contributed by atoms with van der Waals surface area (Å²) in [5, 5.41) is 0. The molecular weight excluding hydrogens is 448 g/mol. The molecular formula is C16H18Br2O6. The lowest BCUT2D eigenvalue weighted by atomic mass is 9.97. The molecule has 6 nitrogen and oxygen atoms in total. The van der Waals surface area contributed by atoms with Crippen molar-refractivity contribution in [2.75, 3.05) is 13.2 Å². The van der Waals surface area contributed by atoms with Crippen LogP contribution in [0.5, 0.6) is 0 Å². The number of ketones is 2. The molecule has 0 aliphatic heterocycles. The van der Waals surface area contributed by atoms with Crippen LogP contribution in [0.3, 0.4) is 0 Å². The number of allylic oxidation sites excluding steroid dienone is 2. The fourth-order valence-electron chi connectivity index (χ4n) is 1.77. The Morgan fingerprint density at radius 1 is 0.792 bits per heavy atom. The first-order valence-electron chi connectivity index (χ1n) is 7.59. The summed E-state index contributed by atoms with van der Waals surface area (Å²) in [6, 6.07) is 0. The first-order chi connectivity index (χ1) is 11.4. The highest BCUT2D eigenvalue weighted by atomic mass is 79.9. The average Bonchev–Trinajstić information content (AvgIpc) is 2.54. The minimum atomic E-state index is -0.899. The normalized spacial score (nSPS) is 15.0. The van der Waals surface area contributed by atoms with Gasteiger partial charge in [0.15, 0.2) is 0 Å². The first kappa shape index (κ1) is 20.8. The molecule has 0 N–H and O–H groups in total. The molecule has 0 amide bonds. The number of hydrogen-bond acceptors (Lipinski definition) is 6. The third-order valence-electron chi connectivity index (χ3n) is 3.16. The van der Waals surface area contributed by atoms with Crippen LogP contribution < -0.4 is 0 Å². The monoisotopic (exact) mass is 464 g/mol. The van der Waals surface area contributed by atoms with E-state index in [-0.39, 0.29) is 22.2 Å². The number of hydrogen-bond donors (Lipinski definition) is 0. The van der Waals surface area contributed by atoms with E-state index in [9.17, 15) is 19.2 Å². The molecule has 1 aliphatic rings. The zero-order valence-electron chi connectivity index (χ0n) is 13.4. The Balaban J connectivity index is 3.00. The zero-order chi connectivity index (χ0) is 18.3. The summed E-state index contributed by atoms with van der Waals surface area (Å²) in [6.45, 7) is 4.14. The summed E-state index contributed by atoms with van der Waals surface area (Å²) in [5.41, 5.74) is -0.846. The van der Waals surface area contributed by atoms with Gasteiger partial charge in [-0.3, -0.25) is 9.59 Å². The average molecular weight is 466 g/mol. The molecule has 0 saturated heterocycles. The highest BCUT2D eigenvalue weighted by molar-refractivity contribution is 9.12. The SMILES string of the molecule is CCCCOC(=O)C1=C(Br)C(=O)C(C(=O)OCCCC)=C(Br)C1=O. The van der Waals surface area contributed by atoms with Gasteiger partial charge in [0, 0.05) is 0 Å². The van der Waals surface area contributed by atoms with Crippen LogP contribution in [0.4, 0.5) is 0 Å². The van der Waals surface area contributed by atoms with Crippen molar-refractivity contribution in [1.82, 2.24) is 0 Å². The molecule has 0 aromatic rings. The number of unbranched alkanes of at least 4 members (excludes halogenated alkanes) is 2. The predicted octanol–water partition coefficient (Wildman–Crippen LogP) is 3.12. The lowest BCUT2D eigenvalue weighted by Crippen LogP contribution is -2.29. The molecule has 1 aliphatic carbocycles. The predicted molar refractivity (Wildman–Crippen MR) is 93.7 cm³/mol. The van der Waals surface area contributed by atoms with Crippen LogP contribution in [0.2, 0.25) is 0 Å². The van der Waals surface area contributed by atoms with Crippen molar-refractivity contribution in [1.29, 1.82) is 0 Å². The number of carbonyl (C=O) groups is 4. The highest BCUT2D eigenvalue weighted by Crippen LogP contribution is 2.32. The van der Waals surface area contributed by atoms with Crippen LogP contribution in [0.1, 0.15) is 39.5 Å². The van der Waals surface area contributed by atoms with Crippen LogP contribution in [0.15, 0.2) is 20.1 Å². The van der Waals surface area contributed by atoms with E-state index in [0.717, 1.165) is 12.8 Å². The largest absolute Gasteiger partial charge is 0.462 e. The van der Waals surface area contributed by atoms with Gasteiger partial charge < -0.3 is 9.47 Å². The summed E-state index contributed by atoms with van der Waals surface area (Å²) in [7, 11) is 0. The van der Waals surface area contributed by atoms with E-state index in [2.05, 4.69) is 31.9 Å². The number of rotatable bonds is 8. The molecule has 1 rings (SSSR count). The van der Waals surface area contributed by atoms with E-state index < -0.39 is 34.7 Å². The Labute approximate surface area is 156 Å². The van der Waals surface area contributed by atoms with E-state index in [1.807, 2.05) is 13.8 Å².